The standard InChI is InChI=1S/C33H51N5O6/c1-6-7-15-35(16-8-9-19-38(3,4)5)30(40)23-36-22-26(24-10-11-28-25(21-24)14-20-44-28)31(32(41)42)27(36)12-18-37-29(39)13-17-34(2)33(37)43/h10-11,21,26-27,31H,6-9,12-20,22-23H2,1-5H3/p+1. The maximum Gasteiger partial charge on any atom is 0.326 e. The molecule has 244 valence electrons. The van der Waals surface area contributed by atoms with Gasteiger partial charge in [0.25, 0.3) is 0 Å². The Morgan fingerprint density at radius 1 is 1.09 bits per heavy atom. The Kier molecular flexibility index (Phi) is 11.3. The van der Waals surface area contributed by atoms with Crippen LogP contribution in [0.5, 0.6) is 5.75 Å². The van der Waals surface area contributed by atoms with Crippen molar-refractivity contribution in [2.24, 2.45) is 5.92 Å². The summed E-state index contributed by atoms with van der Waals surface area (Å²) in [6, 6.07) is 5.05. The molecule has 3 heterocycles. The van der Waals surface area contributed by atoms with Gasteiger partial charge in [0.05, 0.1) is 46.8 Å². The van der Waals surface area contributed by atoms with Crippen molar-refractivity contribution in [3.05, 3.63) is 29.3 Å². The van der Waals surface area contributed by atoms with E-state index in [-0.39, 0.29) is 43.3 Å². The van der Waals surface area contributed by atoms with Crippen molar-refractivity contribution in [2.75, 3.05) is 80.6 Å². The molecule has 2 fully saturated rings. The molecule has 1 N–H and O–H groups in total. The summed E-state index contributed by atoms with van der Waals surface area (Å²) in [6.07, 6.45) is 5.14. The van der Waals surface area contributed by atoms with Gasteiger partial charge in [-0.15, -0.1) is 0 Å². The van der Waals surface area contributed by atoms with Gasteiger partial charge in [0.2, 0.25) is 11.8 Å². The Bertz CT molecular complexity index is 1200. The minimum atomic E-state index is -0.928. The van der Waals surface area contributed by atoms with Crippen molar-refractivity contribution >= 4 is 23.8 Å². The number of imide groups is 1. The number of ether oxygens (including phenoxy) is 1. The number of benzene rings is 1. The van der Waals surface area contributed by atoms with Gasteiger partial charge in [-0.3, -0.25) is 24.2 Å². The van der Waals surface area contributed by atoms with Gasteiger partial charge in [-0.1, -0.05) is 25.5 Å². The van der Waals surface area contributed by atoms with Crippen molar-refractivity contribution < 1.29 is 33.5 Å². The molecular weight excluding hydrogens is 562 g/mol. The zero-order valence-electron chi connectivity index (χ0n) is 27.3. The van der Waals surface area contributed by atoms with E-state index in [1.54, 1.807) is 7.05 Å². The highest BCUT2D eigenvalue weighted by Crippen LogP contribution is 2.41. The molecule has 0 bridgehead atoms. The van der Waals surface area contributed by atoms with E-state index in [0.29, 0.717) is 39.2 Å². The van der Waals surface area contributed by atoms with Crippen molar-refractivity contribution in [1.82, 2.24) is 19.6 Å². The summed E-state index contributed by atoms with van der Waals surface area (Å²) in [5, 5.41) is 10.6. The number of carboxylic acid groups (broad SMARTS) is 1. The third-order valence-electron chi connectivity index (χ3n) is 9.32. The summed E-state index contributed by atoms with van der Waals surface area (Å²) in [5.41, 5.74) is 2.00. The molecule has 11 heteroatoms. The smallest absolute Gasteiger partial charge is 0.326 e. The van der Waals surface area contributed by atoms with Gasteiger partial charge >= 0.3 is 12.0 Å². The topological polar surface area (TPSA) is 111 Å². The molecule has 3 aliphatic heterocycles. The van der Waals surface area contributed by atoms with Gasteiger partial charge in [0.15, 0.2) is 0 Å². The fraction of sp³-hybridized carbons (Fsp3) is 0.697. The Hall–Kier alpha value is -3.18. The maximum absolute atomic E-state index is 13.9. The van der Waals surface area contributed by atoms with E-state index in [9.17, 15) is 24.3 Å². The first-order valence-corrected chi connectivity index (χ1v) is 16.3. The number of hydrogen-bond donors (Lipinski definition) is 1. The third-order valence-corrected chi connectivity index (χ3v) is 9.32. The van der Waals surface area contributed by atoms with Crippen LogP contribution in [-0.4, -0.2) is 140 Å². The number of hydrogen-bond acceptors (Lipinski definition) is 6. The van der Waals surface area contributed by atoms with Crippen LogP contribution in [0.2, 0.25) is 0 Å². The SMILES string of the molecule is CCCCN(CCCC[N+](C)(C)C)C(=O)CN1CC(c2ccc3c(c2)CCO3)C(C(=O)O)C1CCN1C(=O)CCN(C)C1=O. The number of unbranched alkanes of at least 4 members (excludes halogenated alkanes) is 2. The normalized spacial score (nSPS) is 22.3. The molecule has 3 atom stereocenters. The molecule has 0 aromatic heterocycles. The molecule has 44 heavy (non-hydrogen) atoms. The number of carboxylic acids is 1. The minimum Gasteiger partial charge on any atom is -0.493 e. The second-order valence-corrected chi connectivity index (χ2v) is 13.7. The predicted octanol–water partition coefficient (Wildman–Crippen LogP) is 2.88. The van der Waals surface area contributed by atoms with Crippen LogP contribution in [0.1, 0.15) is 62.5 Å². The Labute approximate surface area is 262 Å². The summed E-state index contributed by atoms with van der Waals surface area (Å²) in [5.74, 6) is -1.44. The van der Waals surface area contributed by atoms with Crippen LogP contribution in [0, 0.1) is 5.92 Å². The van der Waals surface area contributed by atoms with Gasteiger partial charge in [-0.2, -0.15) is 0 Å². The van der Waals surface area contributed by atoms with E-state index in [2.05, 4.69) is 34.1 Å². The molecule has 3 unspecified atom stereocenters. The number of carbonyl (C=O) groups is 4. The Morgan fingerprint density at radius 3 is 2.55 bits per heavy atom. The molecular formula is C33H52N5O6+. The average Bonchev–Trinajstić information content (AvgIpc) is 3.58. The van der Waals surface area contributed by atoms with Crippen LogP contribution in [-0.2, 0) is 20.8 Å². The summed E-state index contributed by atoms with van der Waals surface area (Å²) < 4.78 is 6.56. The highest BCUT2D eigenvalue weighted by Gasteiger charge is 2.48. The molecule has 0 radical (unpaired) electrons. The quantitative estimate of drug-likeness (QED) is 0.239. The predicted molar refractivity (Wildman–Crippen MR) is 167 cm³/mol. The van der Waals surface area contributed by atoms with Gasteiger partial charge in [-0.05, 0) is 42.9 Å². The average molecular weight is 615 g/mol. The van der Waals surface area contributed by atoms with Crippen molar-refractivity contribution in [1.29, 1.82) is 0 Å². The van der Waals surface area contributed by atoms with Crippen molar-refractivity contribution in [3.8, 4) is 5.75 Å². The van der Waals surface area contributed by atoms with Crippen LogP contribution >= 0.6 is 0 Å². The van der Waals surface area contributed by atoms with Gasteiger partial charge in [0.1, 0.15) is 5.75 Å². The maximum atomic E-state index is 13.9. The number of amides is 4. The molecule has 0 spiro atoms. The second-order valence-electron chi connectivity index (χ2n) is 13.7. The largest absolute Gasteiger partial charge is 0.493 e. The summed E-state index contributed by atoms with van der Waals surface area (Å²) in [4.78, 5) is 59.0. The zero-order valence-corrected chi connectivity index (χ0v) is 27.3. The van der Waals surface area contributed by atoms with Gasteiger partial charge < -0.3 is 24.1 Å². The van der Waals surface area contributed by atoms with Crippen LogP contribution < -0.4 is 4.74 Å². The van der Waals surface area contributed by atoms with Crippen molar-refractivity contribution in [3.63, 3.8) is 0 Å². The summed E-state index contributed by atoms with van der Waals surface area (Å²) in [7, 11) is 8.17. The zero-order chi connectivity index (χ0) is 32.0. The first-order valence-electron chi connectivity index (χ1n) is 16.3. The lowest BCUT2D eigenvalue weighted by Crippen LogP contribution is -2.52. The van der Waals surface area contributed by atoms with Crippen LogP contribution in [0.25, 0.3) is 0 Å². The molecule has 0 aliphatic carbocycles. The molecule has 0 saturated carbocycles. The third kappa shape index (κ3) is 8.29. The van der Waals surface area contributed by atoms with Crippen LogP contribution in [0.3, 0.4) is 0 Å². The van der Waals surface area contributed by atoms with E-state index in [4.69, 9.17) is 4.74 Å². The highest BCUT2D eigenvalue weighted by atomic mass is 16.5. The van der Waals surface area contributed by atoms with E-state index >= 15 is 0 Å². The second kappa shape index (κ2) is 14.7. The van der Waals surface area contributed by atoms with Crippen LogP contribution in [0.15, 0.2) is 18.2 Å². The number of carbonyl (C=O) groups excluding carboxylic acids is 3. The number of likely N-dealkylation sites (tertiary alicyclic amines) is 1. The first-order chi connectivity index (χ1) is 20.9. The first kappa shape index (κ1) is 33.7. The number of urea groups is 1. The lowest BCUT2D eigenvalue weighted by Gasteiger charge is -2.34. The lowest BCUT2D eigenvalue weighted by atomic mass is 9.83. The molecule has 4 amide bonds. The lowest BCUT2D eigenvalue weighted by molar-refractivity contribution is -0.870. The number of rotatable bonds is 15. The van der Waals surface area contributed by atoms with Crippen LogP contribution in [0.4, 0.5) is 4.79 Å². The molecule has 1 aromatic carbocycles. The van der Waals surface area contributed by atoms with E-state index in [1.165, 1.54) is 9.80 Å². The summed E-state index contributed by atoms with van der Waals surface area (Å²) >= 11 is 0. The van der Waals surface area contributed by atoms with Gasteiger partial charge in [0, 0.05) is 64.6 Å². The Balaban J connectivity index is 1.56. The number of quaternary nitrogens is 1. The molecule has 3 aliphatic rings. The van der Waals surface area contributed by atoms with Gasteiger partial charge in [-0.25, -0.2) is 4.79 Å². The fourth-order valence-electron chi connectivity index (χ4n) is 6.79. The molecule has 11 nitrogen and oxygen atoms in total. The Morgan fingerprint density at radius 2 is 1.84 bits per heavy atom. The van der Waals surface area contributed by atoms with Crippen molar-refractivity contribution in [2.45, 2.75) is 63.8 Å². The van der Waals surface area contributed by atoms with E-state index in [0.717, 1.165) is 60.0 Å². The minimum absolute atomic E-state index is 0.00528. The highest BCUT2D eigenvalue weighted by molar-refractivity contribution is 5.96. The van der Waals surface area contributed by atoms with E-state index < -0.39 is 17.9 Å². The fourth-order valence-corrected chi connectivity index (χ4v) is 6.79. The molecule has 2 saturated heterocycles. The molecule has 1 aromatic rings. The molecule has 4 rings (SSSR count). The number of fused-ring (bicyclic) bond motifs is 1. The monoisotopic (exact) mass is 614 g/mol. The van der Waals surface area contributed by atoms with E-state index in [1.807, 2.05) is 21.9 Å². The number of aliphatic carboxylic acids is 1. The summed E-state index contributed by atoms with van der Waals surface area (Å²) in [6.45, 7) is 6.14. The number of nitrogens with zero attached hydrogens (tertiary/aromatic N) is 5.